The molecule has 0 amide bonds. The van der Waals surface area contributed by atoms with Crippen LogP contribution in [0.4, 0.5) is 0 Å². The summed E-state index contributed by atoms with van der Waals surface area (Å²) in [6, 6.07) is 12.4. The van der Waals surface area contributed by atoms with E-state index < -0.39 is 17.5 Å². The van der Waals surface area contributed by atoms with Crippen LogP contribution in [0.1, 0.15) is 20.7 Å². The van der Waals surface area contributed by atoms with Crippen LogP contribution in [0.3, 0.4) is 0 Å². The molecule has 0 saturated heterocycles. The lowest BCUT2D eigenvalue weighted by atomic mass is 9.94. The molecule has 2 aromatic heterocycles. The summed E-state index contributed by atoms with van der Waals surface area (Å²) < 4.78 is 1.45. The molecule has 0 aliphatic heterocycles. The van der Waals surface area contributed by atoms with Crippen molar-refractivity contribution in [3.05, 3.63) is 70.0 Å². The number of hydrogen-bond acceptors (Lipinski definition) is 6. The van der Waals surface area contributed by atoms with Gasteiger partial charge in [-0.25, -0.2) is 4.98 Å². The highest BCUT2D eigenvalue weighted by molar-refractivity contribution is 6.24. The molecule has 27 heavy (non-hydrogen) atoms. The number of para-hydroxylation sites is 2. The molecule has 0 spiro atoms. The van der Waals surface area contributed by atoms with Crippen molar-refractivity contribution >= 4 is 50.2 Å². The van der Waals surface area contributed by atoms with Crippen LogP contribution in [-0.2, 0) is 0 Å². The van der Waals surface area contributed by atoms with Crippen LogP contribution in [0, 0.1) is 0 Å². The van der Waals surface area contributed by atoms with Gasteiger partial charge in [0.15, 0.2) is 0 Å². The Bertz CT molecular complexity index is 1480. The summed E-state index contributed by atoms with van der Waals surface area (Å²) in [5.41, 5.74) is 0.519. The number of fused-ring (bicyclic) bond motifs is 4. The van der Waals surface area contributed by atoms with Crippen molar-refractivity contribution < 1.29 is 19.8 Å². The maximum absolute atomic E-state index is 13.1. The van der Waals surface area contributed by atoms with E-state index in [-0.39, 0.29) is 27.3 Å². The first-order valence-corrected chi connectivity index (χ1v) is 8.04. The third kappa shape index (κ3) is 1.85. The maximum atomic E-state index is 13.1. The van der Waals surface area contributed by atoms with Gasteiger partial charge in [-0.1, -0.05) is 24.3 Å². The van der Waals surface area contributed by atoms with E-state index in [1.165, 1.54) is 28.7 Å². The Balaban J connectivity index is 2.17. The summed E-state index contributed by atoms with van der Waals surface area (Å²) in [7, 11) is 0. The molecule has 0 aliphatic carbocycles. The van der Waals surface area contributed by atoms with Crippen molar-refractivity contribution in [1.82, 2.24) is 9.38 Å². The number of carboxylic acid groups (broad SMARTS) is 2. The molecule has 7 heteroatoms. The summed E-state index contributed by atoms with van der Waals surface area (Å²) in [4.78, 5) is 40.7. The Morgan fingerprint density at radius 2 is 1.44 bits per heavy atom. The molecule has 5 aromatic rings. The SMILES string of the molecule is O=C([O-])c1ccc2c(=O)n3c4ccccc4nc3c3ccc(C(=O)[O-])c1c23. The largest absolute Gasteiger partial charge is 0.545 e. The molecular weight excluding hydrogens is 348 g/mol. The summed E-state index contributed by atoms with van der Waals surface area (Å²) >= 11 is 0. The first kappa shape index (κ1) is 15.3. The van der Waals surface area contributed by atoms with E-state index in [0.717, 1.165) is 0 Å². The van der Waals surface area contributed by atoms with E-state index in [4.69, 9.17) is 0 Å². The van der Waals surface area contributed by atoms with E-state index >= 15 is 0 Å². The minimum Gasteiger partial charge on any atom is -0.545 e. The number of carbonyl (C=O) groups excluding carboxylic acids is 2. The fourth-order valence-electron chi connectivity index (χ4n) is 3.73. The molecule has 0 unspecified atom stereocenters. The molecule has 0 bridgehead atoms. The van der Waals surface area contributed by atoms with Gasteiger partial charge in [-0.2, -0.15) is 0 Å². The Morgan fingerprint density at radius 3 is 2.11 bits per heavy atom. The fourth-order valence-corrected chi connectivity index (χ4v) is 3.73. The predicted molar refractivity (Wildman–Crippen MR) is 93.8 cm³/mol. The molecule has 130 valence electrons. The molecular formula is C20H8N2O5-2. The number of imidazole rings is 1. The van der Waals surface area contributed by atoms with Gasteiger partial charge in [0, 0.05) is 32.7 Å². The number of aromatic carboxylic acids is 2. The molecule has 0 atom stereocenters. The molecule has 0 radical (unpaired) electrons. The van der Waals surface area contributed by atoms with Gasteiger partial charge >= 0.3 is 0 Å². The van der Waals surface area contributed by atoms with Crippen molar-refractivity contribution in [3.63, 3.8) is 0 Å². The van der Waals surface area contributed by atoms with Crippen LogP contribution in [0.25, 0.3) is 38.2 Å². The second-order valence-electron chi connectivity index (χ2n) is 6.21. The van der Waals surface area contributed by atoms with Gasteiger partial charge in [-0.3, -0.25) is 9.20 Å². The Kier molecular flexibility index (Phi) is 2.83. The van der Waals surface area contributed by atoms with Gasteiger partial charge < -0.3 is 19.8 Å². The van der Waals surface area contributed by atoms with E-state index in [1.54, 1.807) is 24.3 Å². The second kappa shape index (κ2) is 5.01. The van der Waals surface area contributed by atoms with Crippen molar-refractivity contribution in [3.8, 4) is 0 Å². The lowest BCUT2D eigenvalue weighted by Gasteiger charge is -2.16. The molecule has 0 aliphatic rings. The normalized spacial score (nSPS) is 11.7. The van der Waals surface area contributed by atoms with Crippen molar-refractivity contribution in [2.24, 2.45) is 0 Å². The third-order valence-corrected chi connectivity index (χ3v) is 4.84. The van der Waals surface area contributed by atoms with Gasteiger partial charge in [0.05, 0.1) is 23.0 Å². The average Bonchev–Trinajstić information content (AvgIpc) is 3.04. The lowest BCUT2D eigenvalue weighted by molar-refractivity contribution is -0.255. The number of rotatable bonds is 2. The van der Waals surface area contributed by atoms with Gasteiger partial charge in [-0.15, -0.1) is 0 Å². The third-order valence-electron chi connectivity index (χ3n) is 4.84. The van der Waals surface area contributed by atoms with Crippen molar-refractivity contribution in [1.29, 1.82) is 0 Å². The zero-order valence-electron chi connectivity index (χ0n) is 13.6. The first-order valence-electron chi connectivity index (χ1n) is 8.04. The topological polar surface area (TPSA) is 115 Å². The van der Waals surface area contributed by atoms with Gasteiger partial charge in [0.1, 0.15) is 5.65 Å². The lowest BCUT2D eigenvalue weighted by Crippen LogP contribution is -2.26. The fraction of sp³-hybridized carbons (Fsp3) is 0. The highest BCUT2D eigenvalue weighted by atomic mass is 16.4. The Morgan fingerprint density at radius 1 is 0.815 bits per heavy atom. The van der Waals surface area contributed by atoms with Crippen LogP contribution < -0.4 is 15.8 Å². The number of aromatic nitrogens is 2. The van der Waals surface area contributed by atoms with E-state index in [1.807, 2.05) is 0 Å². The number of benzene rings is 3. The average molecular weight is 356 g/mol. The van der Waals surface area contributed by atoms with Crippen LogP contribution >= 0.6 is 0 Å². The molecule has 0 fully saturated rings. The van der Waals surface area contributed by atoms with E-state index in [0.29, 0.717) is 22.1 Å². The standard InChI is InChI=1S/C20H10N2O5/c23-18-10-6-8-12(20(26)27)16-11(19(24)25)7-5-9(15(10)16)17-21-13-3-1-2-4-14(13)22(17)18/h1-8H,(H,24,25)(H,26,27)/p-2. The number of hydrogen-bond donors (Lipinski definition) is 0. The molecule has 3 aromatic carbocycles. The van der Waals surface area contributed by atoms with E-state index in [2.05, 4.69) is 4.98 Å². The molecule has 5 rings (SSSR count). The van der Waals surface area contributed by atoms with Crippen LogP contribution in [-0.4, -0.2) is 21.3 Å². The summed E-state index contributed by atoms with van der Waals surface area (Å²) in [5.74, 6) is -3.07. The van der Waals surface area contributed by atoms with Gasteiger partial charge in [-0.05, 0) is 24.3 Å². The zero-order valence-corrected chi connectivity index (χ0v) is 13.6. The Hall–Kier alpha value is -4.00. The quantitative estimate of drug-likeness (QED) is 0.450. The number of carboxylic acids is 2. The monoisotopic (exact) mass is 356 g/mol. The highest BCUT2D eigenvalue weighted by Gasteiger charge is 2.19. The predicted octanol–water partition coefficient (Wildman–Crippen LogP) is 0.319. The first-order chi connectivity index (χ1) is 13.0. The smallest absolute Gasteiger partial charge is 0.264 e. The molecule has 7 nitrogen and oxygen atoms in total. The zero-order chi connectivity index (χ0) is 18.9. The van der Waals surface area contributed by atoms with Crippen molar-refractivity contribution in [2.45, 2.75) is 0 Å². The van der Waals surface area contributed by atoms with Crippen molar-refractivity contribution in [2.75, 3.05) is 0 Å². The van der Waals surface area contributed by atoms with Crippen LogP contribution in [0.5, 0.6) is 0 Å². The minimum atomic E-state index is -1.53. The molecule has 0 saturated carbocycles. The summed E-state index contributed by atoms with van der Waals surface area (Å²) in [6.45, 7) is 0. The van der Waals surface area contributed by atoms with Crippen LogP contribution in [0.2, 0.25) is 0 Å². The number of pyridine rings is 1. The molecule has 2 heterocycles. The number of nitrogens with zero attached hydrogens (tertiary/aromatic N) is 2. The maximum Gasteiger partial charge on any atom is 0.264 e. The minimum absolute atomic E-state index is 0.0864. The number of carbonyl (C=O) groups is 2. The van der Waals surface area contributed by atoms with Gasteiger partial charge in [0.2, 0.25) is 0 Å². The van der Waals surface area contributed by atoms with Crippen LogP contribution in [0.15, 0.2) is 53.3 Å². The highest BCUT2D eigenvalue weighted by Crippen LogP contribution is 2.33. The second-order valence-corrected chi connectivity index (χ2v) is 6.21. The molecule has 0 N–H and O–H groups in total. The Labute approximate surface area is 150 Å². The van der Waals surface area contributed by atoms with Gasteiger partial charge in [0.25, 0.3) is 5.56 Å². The van der Waals surface area contributed by atoms with E-state index in [9.17, 15) is 24.6 Å². The summed E-state index contributed by atoms with van der Waals surface area (Å²) in [6.07, 6.45) is 0. The summed E-state index contributed by atoms with van der Waals surface area (Å²) in [5, 5.41) is 23.9.